The number of halogens is 2. The molecule has 0 saturated carbocycles. The fraction of sp³-hybridized carbons (Fsp3) is 0.214. The zero-order chi connectivity index (χ0) is 14.7. The third kappa shape index (κ3) is 3.52. The first-order chi connectivity index (χ1) is 9.49. The third-order valence-corrected chi connectivity index (χ3v) is 4.46. The molecule has 0 radical (unpaired) electrons. The lowest BCUT2D eigenvalue weighted by Gasteiger charge is -2.21. The highest BCUT2D eigenvalue weighted by Gasteiger charge is 2.21. The summed E-state index contributed by atoms with van der Waals surface area (Å²) >= 11 is 13.4. The van der Waals surface area contributed by atoms with Crippen molar-refractivity contribution in [1.82, 2.24) is 4.90 Å². The van der Waals surface area contributed by atoms with E-state index in [0.29, 0.717) is 16.6 Å². The van der Waals surface area contributed by atoms with Gasteiger partial charge >= 0.3 is 0 Å². The van der Waals surface area contributed by atoms with Gasteiger partial charge in [0.2, 0.25) is 5.91 Å². The number of thiophene rings is 1. The van der Waals surface area contributed by atoms with Crippen molar-refractivity contribution < 1.29 is 4.79 Å². The minimum Gasteiger partial charge on any atom is -0.340 e. The fourth-order valence-electron chi connectivity index (χ4n) is 1.81. The van der Waals surface area contributed by atoms with E-state index in [0.717, 1.165) is 10.4 Å². The predicted octanol–water partition coefficient (Wildman–Crippen LogP) is 3.71. The van der Waals surface area contributed by atoms with Gasteiger partial charge in [-0.1, -0.05) is 35.3 Å². The molecule has 0 aliphatic carbocycles. The molecule has 2 N–H and O–H groups in total. The van der Waals surface area contributed by atoms with E-state index in [2.05, 4.69) is 0 Å². The number of carbonyl (C=O) groups excluding carboxylic acids is 1. The molecular formula is C14H14Cl2N2OS. The molecule has 0 bridgehead atoms. The number of hydrogen-bond donors (Lipinski definition) is 1. The molecule has 1 unspecified atom stereocenters. The largest absolute Gasteiger partial charge is 0.340 e. The van der Waals surface area contributed by atoms with Crippen LogP contribution in [0, 0.1) is 0 Å². The van der Waals surface area contributed by atoms with E-state index < -0.39 is 6.04 Å². The van der Waals surface area contributed by atoms with Crippen molar-refractivity contribution in [2.24, 2.45) is 5.73 Å². The number of nitrogens with zero attached hydrogens (tertiary/aromatic N) is 1. The maximum Gasteiger partial charge on any atom is 0.244 e. The van der Waals surface area contributed by atoms with Crippen LogP contribution in [-0.4, -0.2) is 17.9 Å². The molecule has 106 valence electrons. The van der Waals surface area contributed by atoms with Gasteiger partial charge < -0.3 is 10.6 Å². The van der Waals surface area contributed by atoms with Crippen molar-refractivity contribution >= 4 is 40.4 Å². The number of benzene rings is 1. The van der Waals surface area contributed by atoms with E-state index in [1.165, 1.54) is 11.3 Å². The van der Waals surface area contributed by atoms with Gasteiger partial charge in [-0.3, -0.25) is 4.79 Å². The van der Waals surface area contributed by atoms with Crippen LogP contribution in [0.1, 0.15) is 16.5 Å². The van der Waals surface area contributed by atoms with E-state index in [1.54, 1.807) is 24.1 Å². The van der Waals surface area contributed by atoms with E-state index in [4.69, 9.17) is 28.9 Å². The average molecular weight is 329 g/mol. The summed E-state index contributed by atoms with van der Waals surface area (Å²) in [7, 11) is 1.71. The normalized spacial score (nSPS) is 12.2. The van der Waals surface area contributed by atoms with Gasteiger partial charge in [0.25, 0.3) is 0 Å². The number of rotatable bonds is 4. The molecule has 2 rings (SSSR count). The summed E-state index contributed by atoms with van der Waals surface area (Å²) in [5.41, 5.74) is 6.80. The summed E-state index contributed by atoms with van der Waals surface area (Å²) in [4.78, 5) is 14.7. The summed E-state index contributed by atoms with van der Waals surface area (Å²) in [5.74, 6) is -0.140. The van der Waals surface area contributed by atoms with Crippen LogP contribution in [0.2, 0.25) is 10.0 Å². The topological polar surface area (TPSA) is 46.3 Å². The monoisotopic (exact) mass is 328 g/mol. The van der Waals surface area contributed by atoms with Crippen LogP contribution in [0.4, 0.5) is 0 Å². The Labute approximate surface area is 131 Å². The Hall–Kier alpha value is -1.07. The summed E-state index contributed by atoms with van der Waals surface area (Å²) in [5, 5.41) is 3.02. The van der Waals surface area contributed by atoms with Gasteiger partial charge in [0.15, 0.2) is 0 Å². The van der Waals surface area contributed by atoms with Gasteiger partial charge in [-0.25, -0.2) is 0 Å². The molecule has 0 fully saturated rings. The van der Waals surface area contributed by atoms with E-state index in [9.17, 15) is 4.79 Å². The zero-order valence-electron chi connectivity index (χ0n) is 10.8. The average Bonchev–Trinajstić information content (AvgIpc) is 2.94. The standard InChI is InChI=1S/C14H14Cl2N2OS/c1-18(8-9-4-5-10(15)7-11(9)16)14(19)13(17)12-3-2-6-20-12/h2-7,13H,8,17H2,1H3. The first kappa shape index (κ1) is 15.3. The van der Waals surface area contributed by atoms with Gasteiger partial charge in [-0.15, -0.1) is 11.3 Å². The quantitative estimate of drug-likeness (QED) is 0.929. The third-order valence-electron chi connectivity index (χ3n) is 2.91. The van der Waals surface area contributed by atoms with Crippen LogP contribution in [0.15, 0.2) is 35.7 Å². The van der Waals surface area contributed by atoms with Crippen LogP contribution < -0.4 is 5.73 Å². The Morgan fingerprint density at radius 2 is 2.15 bits per heavy atom. The molecule has 1 aromatic heterocycles. The molecular weight excluding hydrogens is 315 g/mol. The number of carbonyl (C=O) groups is 1. The molecule has 0 aliphatic rings. The smallest absolute Gasteiger partial charge is 0.244 e. The van der Waals surface area contributed by atoms with Crippen molar-refractivity contribution in [3.05, 3.63) is 56.2 Å². The van der Waals surface area contributed by atoms with Crippen LogP contribution in [0.3, 0.4) is 0 Å². The Morgan fingerprint density at radius 1 is 1.40 bits per heavy atom. The number of hydrogen-bond acceptors (Lipinski definition) is 3. The molecule has 0 saturated heterocycles. The van der Waals surface area contributed by atoms with Gasteiger partial charge in [-0.2, -0.15) is 0 Å². The van der Waals surface area contributed by atoms with Crippen molar-refractivity contribution in [3.63, 3.8) is 0 Å². The van der Waals surface area contributed by atoms with Crippen molar-refractivity contribution in [2.45, 2.75) is 12.6 Å². The zero-order valence-corrected chi connectivity index (χ0v) is 13.2. The Morgan fingerprint density at radius 3 is 2.75 bits per heavy atom. The minimum atomic E-state index is -0.633. The number of amides is 1. The molecule has 20 heavy (non-hydrogen) atoms. The second kappa shape index (κ2) is 6.59. The lowest BCUT2D eigenvalue weighted by Crippen LogP contribution is -2.35. The van der Waals surface area contributed by atoms with Crippen molar-refractivity contribution in [3.8, 4) is 0 Å². The Kier molecular flexibility index (Phi) is 5.05. The molecule has 6 heteroatoms. The highest BCUT2D eigenvalue weighted by Crippen LogP contribution is 2.23. The number of likely N-dealkylation sites (N-methyl/N-ethyl adjacent to an activating group) is 1. The van der Waals surface area contributed by atoms with Gasteiger partial charge in [-0.05, 0) is 29.1 Å². The van der Waals surface area contributed by atoms with Crippen LogP contribution >= 0.6 is 34.5 Å². The number of nitrogens with two attached hydrogens (primary N) is 1. The first-order valence-electron chi connectivity index (χ1n) is 5.97. The van der Waals surface area contributed by atoms with Gasteiger partial charge in [0, 0.05) is 28.5 Å². The van der Waals surface area contributed by atoms with Crippen molar-refractivity contribution in [1.29, 1.82) is 0 Å². The first-order valence-corrected chi connectivity index (χ1v) is 7.60. The Balaban J connectivity index is 2.07. The van der Waals surface area contributed by atoms with Gasteiger partial charge in [0.1, 0.15) is 6.04 Å². The summed E-state index contributed by atoms with van der Waals surface area (Å²) in [6, 6.07) is 8.33. The molecule has 2 aromatic rings. The second-order valence-electron chi connectivity index (χ2n) is 4.42. The maximum absolute atomic E-state index is 12.3. The predicted molar refractivity (Wildman–Crippen MR) is 84.2 cm³/mol. The van der Waals surface area contributed by atoms with Gasteiger partial charge in [0.05, 0.1) is 0 Å². The molecule has 1 atom stereocenters. The lowest BCUT2D eigenvalue weighted by atomic mass is 10.2. The van der Waals surface area contributed by atoms with Crippen LogP contribution in [0.25, 0.3) is 0 Å². The van der Waals surface area contributed by atoms with E-state index >= 15 is 0 Å². The SMILES string of the molecule is CN(Cc1ccc(Cl)cc1Cl)C(=O)C(N)c1cccs1. The van der Waals surface area contributed by atoms with E-state index in [1.807, 2.05) is 23.6 Å². The summed E-state index contributed by atoms with van der Waals surface area (Å²) < 4.78 is 0. The van der Waals surface area contributed by atoms with Crippen LogP contribution in [-0.2, 0) is 11.3 Å². The molecule has 1 aromatic carbocycles. The van der Waals surface area contributed by atoms with E-state index in [-0.39, 0.29) is 5.91 Å². The minimum absolute atomic E-state index is 0.140. The summed E-state index contributed by atoms with van der Waals surface area (Å²) in [6.07, 6.45) is 0. The molecule has 0 aliphatic heterocycles. The molecule has 3 nitrogen and oxygen atoms in total. The molecule has 0 spiro atoms. The maximum atomic E-state index is 12.3. The molecule has 1 amide bonds. The highest BCUT2D eigenvalue weighted by atomic mass is 35.5. The highest BCUT2D eigenvalue weighted by molar-refractivity contribution is 7.10. The Bertz CT molecular complexity index is 601. The fourth-order valence-corrected chi connectivity index (χ4v) is 3.00. The van der Waals surface area contributed by atoms with Crippen molar-refractivity contribution in [2.75, 3.05) is 7.05 Å². The molecule has 1 heterocycles. The second-order valence-corrected chi connectivity index (χ2v) is 6.25. The lowest BCUT2D eigenvalue weighted by molar-refractivity contribution is -0.131. The summed E-state index contributed by atoms with van der Waals surface area (Å²) in [6.45, 7) is 0.397. The van der Waals surface area contributed by atoms with Crippen LogP contribution in [0.5, 0.6) is 0 Å².